The molecule has 0 fully saturated rings. The van der Waals surface area contributed by atoms with Crippen LogP contribution >= 0.6 is 0 Å². The highest BCUT2D eigenvalue weighted by molar-refractivity contribution is 7.89. The Bertz CT molecular complexity index is 588. The molecule has 0 aromatic carbocycles. The van der Waals surface area contributed by atoms with E-state index in [1.165, 1.54) is 12.5 Å². The maximum Gasteiger partial charge on any atom is 0.259 e. The average molecular weight is 270 g/mol. The minimum absolute atomic E-state index is 0.0370. The van der Waals surface area contributed by atoms with Crippen LogP contribution in [-0.2, 0) is 23.5 Å². The summed E-state index contributed by atoms with van der Waals surface area (Å²) in [4.78, 5) is 3.80. The molecule has 2 aromatic rings. The zero-order chi connectivity index (χ0) is 13.0. The summed E-state index contributed by atoms with van der Waals surface area (Å²) in [6, 6.07) is 0. The first-order valence-electron chi connectivity index (χ1n) is 5.44. The molecule has 18 heavy (non-hydrogen) atoms. The fourth-order valence-electron chi connectivity index (χ4n) is 1.45. The third-order valence-corrected chi connectivity index (χ3v) is 3.72. The highest BCUT2D eigenvalue weighted by atomic mass is 32.2. The van der Waals surface area contributed by atoms with Crippen molar-refractivity contribution in [3.63, 3.8) is 0 Å². The van der Waals surface area contributed by atoms with Gasteiger partial charge in [-0.1, -0.05) is 5.16 Å². The minimum Gasteiger partial charge on any atom is -0.364 e. The van der Waals surface area contributed by atoms with Gasteiger partial charge in [-0.05, 0) is 12.8 Å². The number of imidazole rings is 1. The van der Waals surface area contributed by atoms with Crippen LogP contribution in [-0.4, -0.2) is 29.7 Å². The number of aromatic nitrogens is 3. The van der Waals surface area contributed by atoms with Gasteiger partial charge in [-0.3, -0.25) is 0 Å². The van der Waals surface area contributed by atoms with Gasteiger partial charge < -0.3 is 9.09 Å². The molecular weight excluding hydrogens is 256 g/mol. The molecular formula is C10H14N4O3S. The standard InChI is InChI=1S/C10H14N4O3S/c1-14-6-10(11-8-14)18(15,16)13-4-2-3-9-5-12-17-7-9/h5-8,13H,2-4H2,1H3. The first-order chi connectivity index (χ1) is 8.58. The average Bonchev–Trinajstić information content (AvgIpc) is 2.95. The van der Waals surface area contributed by atoms with Crippen LogP contribution in [0.5, 0.6) is 0 Å². The molecule has 0 aliphatic carbocycles. The molecule has 0 aliphatic rings. The Balaban J connectivity index is 1.82. The lowest BCUT2D eigenvalue weighted by Crippen LogP contribution is -2.25. The Morgan fingerprint density at radius 2 is 2.33 bits per heavy atom. The van der Waals surface area contributed by atoms with Crippen molar-refractivity contribution < 1.29 is 12.9 Å². The van der Waals surface area contributed by atoms with Crippen molar-refractivity contribution >= 4 is 10.0 Å². The monoisotopic (exact) mass is 270 g/mol. The third kappa shape index (κ3) is 3.17. The van der Waals surface area contributed by atoms with Crippen LogP contribution in [0.15, 0.2) is 34.5 Å². The number of nitrogens with zero attached hydrogens (tertiary/aromatic N) is 3. The predicted octanol–water partition coefficient (Wildman–Crippen LogP) is 0.319. The lowest BCUT2D eigenvalue weighted by Gasteiger charge is -2.02. The number of hydrogen-bond donors (Lipinski definition) is 1. The van der Waals surface area contributed by atoms with Crippen LogP contribution in [0.25, 0.3) is 0 Å². The van der Waals surface area contributed by atoms with Crippen LogP contribution in [0.2, 0.25) is 0 Å². The van der Waals surface area contributed by atoms with Gasteiger partial charge in [0.05, 0.1) is 12.5 Å². The normalized spacial score (nSPS) is 11.8. The lowest BCUT2D eigenvalue weighted by molar-refractivity contribution is 0.418. The van der Waals surface area contributed by atoms with Crippen LogP contribution in [0.1, 0.15) is 12.0 Å². The molecule has 2 aromatic heterocycles. The number of sulfonamides is 1. The van der Waals surface area contributed by atoms with Crippen molar-refractivity contribution in [3.05, 3.63) is 30.5 Å². The van der Waals surface area contributed by atoms with Crippen LogP contribution in [0.3, 0.4) is 0 Å². The van der Waals surface area contributed by atoms with E-state index in [9.17, 15) is 8.42 Å². The Hall–Kier alpha value is -1.67. The van der Waals surface area contributed by atoms with E-state index in [2.05, 4.69) is 19.4 Å². The van der Waals surface area contributed by atoms with E-state index in [0.29, 0.717) is 19.4 Å². The van der Waals surface area contributed by atoms with Gasteiger partial charge in [-0.25, -0.2) is 18.1 Å². The number of nitrogens with one attached hydrogen (secondary N) is 1. The molecule has 0 saturated heterocycles. The van der Waals surface area contributed by atoms with E-state index in [-0.39, 0.29) is 5.03 Å². The summed E-state index contributed by atoms with van der Waals surface area (Å²) in [6.45, 7) is 0.351. The van der Waals surface area contributed by atoms with Gasteiger partial charge >= 0.3 is 0 Å². The van der Waals surface area contributed by atoms with Gasteiger partial charge in [0, 0.05) is 25.4 Å². The van der Waals surface area contributed by atoms with Crippen LogP contribution in [0, 0.1) is 0 Å². The van der Waals surface area contributed by atoms with Crippen molar-refractivity contribution in [1.29, 1.82) is 0 Å². The zero-order valence-electron chi connectivity index (χ0n) is 9.91. The molecule has 1 N–H and O–H groups in total. The maximum absolute atomic E-state index is 11.8. The van der Waals surface area contributed by atoms with Gasteiger partial charge in [0.2, 0.25) is 0 Å². The zero-order valence-corrected chi connectivity index (χ0v) is 10.7. The molecule has 0 atom stereocenters. The van der Waals surface area contributed by atoms with Gasteiger partial charge in [0.15, 0.2) is 5.03 Å². The molecule has 0 saturated carbocycles. The molecule has 0 bridgehead atoms. The number of hydrogen-bond acceptors (Lipinski definition) is 5. The van der Waals surface area contributed by atoms with Crippen molar-refractivity contribution in [3.8, 4) is 0 Å². The molecule has 2 rings (SSSR count). The summed E-state index contributed by atoms with van der Waals surface area (Å²) < 4.78 is 32.3. The maximum atomic E-state index is 11.8. The smallest absolute Gasteiger partial charge is 0.259 e. The number of rotatable bonds is 6. The predicted molar refractivity (Wildman–Crippen MR) is 63.2 cm³/mol. The molecule has 0 amide bonds. The molecule has 0 aliphatic heterocycles. The Morgan fingerprint density at radius 1 is 1.50 bits per heavy atom. The lowest BCUT2D eigenvalue weighted by atomic mass is 10.2. The summed E-state index contributed by atoms with van der Waals surface area (Å²) in [5.41, 5.74) is 0.951. The van der Waals surface area contributed by atoms with E-state index in [1.807, 2.05) is 0 Å². The second kappa shape index (κ2) is 5.32. The van der Waals surface area contributed by atoms with Crippen molar-refractivity contribution in [1.82, 2.24) is 19.4 Å². The first-order valence-corrected chi connectivity index (χ1v) is 6.92. The fraction of sp³-hybridized carbons (Fsp3) is 0.400. The number of aryl methyl sites for hydroxylation is 2. The van der Waals surface area contributed by atoms with Gasteiger partial charge in [-0.2, -0.15) is 0 Å². The largest absolute Gasteiger partial charge is 0.364 e. The Kier molecular flexibility index (Phi) is 3.78. The van der Waals surface area contributed by atoms with Crippen LogP contribution < -0.4 is 4.72 Å². The molecule has 98 valence electrons. The van der Waals surface area contributed by atoms with E-state index in [0.717, 1.165) is 5.56 Å². The summed E-state index contributed by atoms with van der Waals surface area (Å²) in [7, 11) is -1.78. The quantitative estimate of drug-likeness (QED) is 0.763. The van der Waals surface area contributed by atoms with E-state index in [1.54, 1.807) is 24.1 Å². The molecule has 7 nitrogen and oxygen atoms in total. The third-order valence-electron chi connectivity index (χ3n) is 2.37. The van der Waals surface area contributed by atoms with Crippen molar-refractivity contribution in [2.45, 2.75) is 17.9 Å². The Morgan fingerprint density at radius 3 is 2.94 bits per heavy atom. The SMILES string of the molecule is Cn1cnc(S(=O)(=O)NCCCc2cnoc2)c1. The second-order valence-corrected chi connectivity index (χ2v) is 5.63. The van der Waals surface area contributed by atoms with Crippen LogP contribution in [0.4, 0.5) is 0 Å². The highest BCUT2D eigenvalue weighted by Gasteiger charge is 2.15. The minimum atomic E-state index is -3.50. The highest BCUT2D eigenvalue weighted by Crippen LogP contribution is 2.05. The topological polar surface area (TPSA) is 90.0 Å². The molecule has 0 unspecified atom stereocenters. The summed E-state index contributed by atoms with van der Waals surface area (Å²) >= 11 is 0. The summed E-state index contributed by atoms with van der Waals surface area (Å²) in [5.74, 6) is 0. The molecule has 0 spiro atoms. The van der Waals surface area contributed by atoms with E-state index >= 15 is 0 Å². The second-order valence-electron chi connectivity index (χ2n) is 3.91. The summed E-state index contributed by atoms with van der Waals surface area (Å²) in [6.07, 6.45) is 7.47. The van der Waals surface area contributed by atoms with Crippen molar-refractivity contribution in [2.24, 2.45) is 7.05 Å². The Labute approximate surface area is 105 Å². The van der Waals surface area contributed by atoms with E-state index in [4.69, 9.17) is 0 Å². The molecule has 0 radical (unpaired) electrons. The van der Waals surface area contributed by atoms with Gasteiger partial charge in [-0.15, -0.1) is 0 Å². The fourth-order valence-corrected chi connectivity index (χ4v) is 2.50. The molecule has 2 heterocycles. The van der Waals surface area contributed by atoms with Crippen molar-refractivity contribution in [2.75, 3.05) is 6.54 Å². The molecule has 8 heteroatoms. The van der Waals surface area contributed by atoms with E-state index < -0.39 is 10.0 Å². The van der Waals surface area contributed by atoms with Gasteiger partial charge in [0.1, 0.15) is 6.26 Å². The van der Waals surface area contributed by atoms with Gasteiger partial charge in [0.25, 0.3) is 10.0 Å². The first kappa shape index (κ1) is 12.8. The summed E-state index contributed by atoms with van der Waals surface area (Å²) in [5, 5.41) is 3.61.